The minimum absolute atomic E-state index is 0.0928. The highest BCUT2D eigenvalue weighted by atomic mass is 16.1. The lowest BCUT2D eigenvalue weighted by Gasteiger charge is -2.36. The minimum Gasteiger partial charge on any atom is -0.368 e. The smallest absolute Gasteiger partial charge is 0.234 e. The molecular weight excluding hydrogens is 190 g/mol. The van der Waals surface area contributed by atoms with Gasteiger partial charge in [-0.25, -0.2) is 0 Å². The van der Waals surface area contributed by atoms with Gasteiger partial charge >= 0.3 is 0 Å². The summed E-state index contributed by atoms with van der Waals surface area (Å²) in [6.45, 7) is 1.05. The fourth-order valence-electron chi connectivity index (χ4n) is 2.51. The molecular formula is C11H21N3O. The van der Waals surface area contributed by atoms with Crippen molar-refractivity contribution in [2.45, 2.75) is 50.2 Å². The highest BCUT2D eigenvalue weighted by Gasteiger charge is 2.30. The van der Waals surface area contributed by atoms with Crippen LogP contribution in [0.2, 0.25) is 0 Å². The van der Waals surface area contributed by atoms with Gasteiger partial charge in [-0.3, -0.25) is 4.79 Å². The molecule has 2 aliphatic rings. The first-order valence-corrected chi connectivity index (χ1v) is 5.92. The summed E-state index contributed by atoms with van der Waals surface area (Å²) in [7, 11) is 2.18. The molecule has 2 rings (SSSR count). The number of likely N-dealkylation sites (N-methyl/N-ethyl adjacent to an activating group) is 1. The highest BCUT2D eigenvalue weighted by molar-refractivity contribution is 5.80. The highest BCUT2D eigenvalue weighted by Crippen LogP contribution is 2.24. The number of hydrogen-bond acceptors (Lipinski definition) is 3. The SMILES string of the molecule is CN(CC1CCC(C(N)=O)N1)C1CCC1. The largest absolute Gasteiger partial charge is 0.368 e. The van der Waals surface area contributed by atoms with Crippen LogP contribution >= 0.6 is 0 Å². The van der Waals surface area contributed by atoms with E-state index in [9.17, 15) is 4.79 Å². The fraction of sp³-hybridized carbons (Fsp3) is 0.909. The zero-order valence-electron chi connectivity index (χ0n) is 9.41. The monoisotopic (exact) mass is 211 g/mol. The Labute approximate surface area is 91.2 Å². The number of rotatable bonds is 4. The van der Waals surface area contributed by atoms with Gasteiger partial charge in [-0.2, -0.15) is 0 Å². The van der Waals surface area contributed by atoms with Gasteiger partial charge < -0.3 is 16.0 Å². The Morgan fingerprint density at radius 2 is 2.13 bits per heavy atom. The summed E-state index contributed by atoms with van der Waals surface area (Å²) in [6, 6.07) is 1.14. The van der Waals surface area contributed by atoms with E-state index in [0.29, 0.717) is 6.04 Å². The van der Waals surface area contributed by atoms with E-state index in [4.69, 9.17) is 5.73 Å². The molecule has 0 spiro atoms. The summed E-state index contributed by atoms with van der Waals surface area (Å²) in [6.07, 6.45) is 6.02. The third kappa shape index (κ3) is 2.49. The van der Waals surface area contributed by atoms with Crippen LogP contribution in [0.4, 0.5) is 0 Å². The third-order valence-electron chi connectivity index (χ3n) is 3.79. The molecule has 4 heteroatoms. The average Bonchev–Trinajstić information content (AvgIpc) is 2.48. The lowest BCUT2D eigenvalue weighted by Crippen LogP contribution is -2.47. The first-order valence-electron chi connectivity index (χ1n) is 5.92. The van der Waals surface area contributed by atoms with Crippen molar-refractivity contribution in [2.24, 2.45) is 5.73 Å². The topological polar surface area (TPSA) is 58.4 Å². The fourth-order valence-corrected chi connectivity index (χ4v) is 2.51. The van der Waals surface area contributed by atoms with E-state index < -0.39 is 0 Å². The summed E-state index contributed by atoms with van der Waals surface area (Å²) in [5, 5.41) is 3.31. The Bertz CT molecular complexity index is 240. The van der Waals surface area contributed by atoms with Gasteiger partial charge in [0.05, 0.1) is 6.04 Å². The number of amides is 1. The van der Waals surface area contributed by atoms with E-state index in [1.807, 2.05) is 0 Å². The van der Waals surface area contributed by atoms with Gasteiger partial charge in [0.15, 0.2) is 0 Å². The molecule has 2 atom stereocenters. The Morgan fingerprint density at radius 3 is 2.60 bits per heavy atom. The van der Waals surface area contributed by atoms with Crippen molar-refractivity contribution in [1.82, 2.24) is 10.2 Å². The molecule has 4 nitrogen and oxygen atoms in total. The third-order valence-corrected chi connectivity index (χ3v) is 3.79. The summed E-state index contributed by atoms with van der Waals surface area (Å²) < 4.78 is 0. The standard InChI is InChI=1S/C11H21N3O/c1-14(9-3-2-4-9)7-8-5-6-10(13-8)11(12)15/h8-10,13H,2-7H2,1H3,(H2,12,15). The van der Waals surface area contributed by atoms with Crippen LogP contribution in [-0.2, 0) is 4.79 Å². The van der Waals surface area contributed by atoms with E-state index >= 15 is 0 Å². The average molecular weight is 211 g/mol. The molecule has 1 amide bonds. The molecule has 1 aliphatic carbocycles. The van der Waals surface area contributed by atoms with Crippen LogP contribution in [-0.4, -0.2) is 42.5 Å². The molecule has 1 aliphatic heterocycles. The molecule has 2 unspecified atom stereocenters. The second-order valence-electron chi connectivity index (χ2n) is 4.92. The van der Waals surface area contributed by atoms with E-state index in [1.54, 1.807) is 0 Å². The molecule has 0 aromatic heterocycles. The second kappa shape index (κ2) is 4.49. The van der Waals surface area contributed by atoms with E-state index in [1.165, 1.54) is 19.3 Å². The number of nitrogens with zero attached hydrogens (tertiary/aromatic N) is 1. The number of nitrogens with one attached hydrogen (secondary N) is 1. The van der Waals surface area contributed by atoms with Gasteiger partial charge in [0.2, 0.25) is 5.91 Å². The van der Waals surface area contributed by atoms with Gasteiger partial charge in [-0.15, -0.1) is 0 Å². The molecule has 1 saturated heterocycles. The molecule has 0 radical (unpaired) electrons. The van der Waals surface area contributed by atoms with Crippen LogP contribution in [0.3, 0.4) is 0 Å². The van der Waals surface area contributed by atoms with Crippen LogP contribution in [0, 0.1) is 0 Å². The number of primary amides is 1. The number of hydrogen-bond donors (Lipinski definition) is 2. The van der Waals surface area contributed by atoms with E-state index in [2.05, 4.69) is 17.3 Å². The second-order valence-corrected chi connectivity index (χ2v) is 4.92. The van der Waals surface area contributed by atoms with Crippen molar-refractivity contribution >= 4 is 5.91 Å². The Balaban J connectivity index is 1.74. The summed E-state index contributed by atoms with van der Waals surface area (Å²) in [4.78, 5) is 13.4. The van der Waals surface area contributed by atoms with Crippen LogP contribution in [0.15, 0.2) is 0 Å². The lowest BCUT2D eigenvalue weighted by molar-refractivity contribution is -0.119. The number of carbonyl (C=O) groups excluding carboxylic acids is 1. The molecule has 3 N–H and O–H groups in total. The van der Waals surface area contributed by atoms with Crippen LogP contribution in [0.5, 0.6) is 0 Å². The van der Waals surface area contributed by atoms with Crippen molar-refractivity contribution in [3.63, 3.8) is 0 Å². The molecule has 1 saturated carbocycles. The van der Waals surface area contributed by atoms with Crippen LogP contribution in [0.1, 0.15) is 32.1 Å². The van der Waals surface area contributed by atoms with Crippen molar-refractivity contribution in [1.29, 1.82) is 0 Å². The maximum atomic E-state index is 11.0. The first kappa shape index (κ1) is 10.9. The zero-order valence-corrected chi connectivity index (χ0v) is 9.41. The van der Waals surface area contributed by atoms with Crippen LogP contribution in [0.25, 0.3) is 0 Å². The molecule has 86 valence electrons. The number of carbonyl (C=O) groups is 1. The van der Waals surface area contributed by atoms with Gasteiger partial charge in [-0.05, 0) is 32.7 Å². The predicted octanol–water partition coefficient (Wildman–Crippen LogP) is 0.0766. The van der Waals surface area contributed by atoms with Gasteiger partial charge in [0, 0.05) is 18.6 Å². The number of nitrogens with two attached hydrogens (primary N) is 1. The van der Waals surface area contributed by atoms with Crippen LogP contribution < -0.4 is 11.1 Å². The van der Waals surface area contributed by atoms with Crippen molar-refractivity contribution < 1.29 is 4.79 Å². The maximum absolute atomic E-state index is 11.0. The normalized spacial score (nSPS) is 31.9. The van der Waals surface area contributed by atoms with E-state index in [-0.39, 0.29) is 11.9 Å². The Morgan fingerprint density at radius 1 is 1.40 bits per heavy atom. The van der Waals surface area contributed by atoms with Crippen molar-refractivity contribution in [3.05, 3.63) is 0 Å². The quantitative estimate of drug-likeness (QED) is 0.692. The summed E-state index contributed by atoms with van der Waals surface area (Å²) >= 11 is 0. The molecule has 0 aromatic rings. The lowest BCUT2D eigenvalue weighted by atomic mass is 9.91. The van der Waals surface area contributed by atoms with Gasteiger partial charge in [0.1, 0.15) is 0 Å². The van der Waals surface area contributed by atoms with Crippen molar-refractivity contribution in [2.75, 3.05) is 13.6 Å². The van der Waals surface area contributed by atoms with E-state index in [0.717, 1.165) is 25.4 Å². The predicted molar refractivity (Wildman–Crippen MR) is 59.4 cm³/mol. The summed E-state index contributed by atoms with van der Waals surface area (Å²) in [5.41, 5.74) is 5.27. The Hall–Kier alpha value is -0.610. The molecule has 0 aromatic carbocycles. The summed E-state index contributed by atoms with van der Waals surface area (Å²) in [5.74, 6) is -0.205. The first-order chi connectivity index (χ1) is 7.16. The minimum atomic E-state index is -0.205. The molecule has 0 bridgehead atoms. The maximum Gasteiger partial charge on any atom is 0.234 e. The Kier molecular flexibility index (Phi) is 3.26. The van der Waals surface area contributed by atoms with Gasteiger partial charge in [0.25, 0.3) is 0 Å². The van der Waals surface area contributed by atoms with Crippen molar-refractivity contribution in [3.8, 4) is 0 Å². The zero-order chi connectivity index (χ0) is 10.8. The van der Waals surface area contributed by atoms with Gasteiger partial charge in [-0.1, -0.05) is 6.42 Å². The molecule has 15 heavy (non-hydrogen) atoms. The molecule has 2 fully saturated rings. The molecule has 1 heterocycles.